The van der Waals surface area contributed by atoms with Crippen molar-refractivity contribution in [2.45, 2.75) is 44.8 Å². The number of rotatable bonds is 3. The predicted octanol–water partition coefficient (Wildman–Crippen LogP) is 3.03. The lowest BCUT2D eigenvalue weighted by molar-refractivity contribution is -0.142. The smallest absolute Gasteiger partial charge is 0.323 e. The molecular formula is C16H22BrNO3. The number of benzene rings is 1. The lowest BCUT2D eigenvalue weighted by Crippen LogP contribution is -2.31. The summed E-state index contributed by atoms with van der Waals surface area (Å²) in [7, 11) is 1.40. The van der Waals surface area contributed by atoms with Crippen LogP contribution in [0.1, 0.15) is 32.8 Å². The number of hydrogen-bond acceptors (Lipinski definition) is 4. The molecule has 1 aliphatic rings. The molecule has 1 aliphatic heterocycles. The van der Waals surface area contributed by atoms with Crippen molar-refractivity contribution in [1.29, 1.82) is 0 Å². The van der Waals surface area contributed by atoms with E-state index in [1.54, 1.807) is 0 Å². The molecule has 1 heterocycles. The van der Waals surface area contributed by atoms with Gasteiger partial charge in [-0.25, -0.2) is 0 Å². The quantitative estimate of drug-likeness (QED) is 0.846. The van der Waals surface area contributed by atoms with E-state index >= 15 is 0 Å². The largest absolute Gasteiger partial charge is 0.488 e. The molecule has 2 unspecified atom stereocenters. The molecule has 4 nitrogen and oxygen atoms in total. The van der Waals surface area contributed by atoms with Crippen LogP contribution in [0.5, 0.6) is 5.75 Å². The Morgan fingerprint density at radius 3 is 2.67 bits per heavy atom. The van der Waals surface area contributed by atoms with Crippen LogP contribution in [0.15, 0.2) is 22.7 Å². The van der Waals surface area contributed by atoms with Crippen molar-refractivity contribution in [2.75, 3.05) is 13.7 Å². The minimum atomic E-state index is -0.271. The Balaban J connectivity index is 2.03. The van der Waals surface area contributed by atoms with Crippen molar-refractivity contribution in [1.82, 2.24) is 5.32 Å². The third kappa shape index (κ3) is 3.98. The van der Waals surface area contributed by atoms with E-state index in [-0.39, 0.29) is 23.5 Å². The molecule has 0 aromatic heterocycles. The second-order valence-electron chi connectivity index (χ2n) is 6.35. The van der Waals surface area contributed by atoms with E-state index in [1.807, 2.05) is 6.07 Å². The molecule has 0 saturated carbocycles. The van der Waals surface area contributed by atoms with Crippen LogP contribution >= 0.6 is 15.9 Å². The standard InChI is InChI=1S/C16H22BrNO3/c1-16(2,3)10-5-6-14(12(17)7-10)21-11-8-13(18-9-11)15(19)20-4/h5-7,11,13,18H,8-9H2,1-4H3. The van der Waals surface area contributed by atoms with Crippen LogP contribution in [0.2, 0.25) is 0 Å². The highest BCUT2D eigenvalue weighted by Crippen LogP contribution is 2.32. The van der Waals surface area contributed by atoms with Crippen LogP contribution in [-0.2, 0) is 14.9 Å². The molecule has 21 heavy (non-hydrogen) atoms. The maximum atomic E-state index is 11.5. The van der Waals surface area contributed by atoms with E-state index in [0.717, 1.165) is 10.2 Å². The van der Waals surface area contributed by atoms with Crippen molar-refractivity contribution in [3.63, 3.8) is 0 Å². The van der Waals surface area contributed by atoms with Crippen molar-refractivity contribution < 1.29 is 14.3 Å². The number of ether oxygens (including phenoxy) is 2. The summed E-state index contributed by atoms with van der Waals surface area (Å²) in [4.78, 5) is 11.5. The summed E-state index contributed by atoms with van der Waals surface area (Å²) in [6, 6.07) is 5.89. The number of methoxy groups -OCH3 is 1. The van der Waals surface area contributed by atoms with Crippen molar-refractivity contribution in [3.05, 3.63) is 28.2 Å². The van der Waals surface area contributed by atoms with Crippen LogP contribution in [0, 0.1) is 0 Å². The van der Waals surface area contributed by atoms with Gasteiger partial charge in [-0.1, -0.05) is 26.8 Å². The fourth-order valence-electron chi connectivity index (χ4n) is 2.36. The first-order valence-corrected chi connectivity index (χ1v) is 7.88. The number of carbonyl (C=O) groups excluding carboxylic acids is 1. The van der Waals surface area contributed by atoms with E-state index in [2.05, 4.69) is 54.2 Å². The molecule has 5 heteroatoms. The molecule has 0 radical (unpaired) electrons. The fraction of sp³-hybridized carbons (Fsp3) is 0.562. The predicted molar refractivity (Wildman–Crippen MR) is 85.7 cm³/mol. The molecule has 116 valence electrons. The molecule has 0 bridgehead atoms. The number of carbonyl (C=O) groups is 1. The summed E-state index contributed by atoms with van der Waals surface area (Å²) in [5.41, 5.74) is 1.35. The maximum absolute atomic E-state index is 11.5. The van der Waals surface area contributed by atoms with Gasteiger partial charge in [0.1, 0.15) is 17.9 Å². The average Bonchev–Trinajstić information content (AvgIpc) is 2.87. The second-order valence-corrected chi connectivity index (χ2v) is 7.21. The zero-order chi connectivity index (χ0) is 15.6. The van der Waals surface area contributed by atoms with Crippen LogP contribution < -0.4 is 10.1 Å². The Kier molecular flexibility index (Phi) is 4.94. The Bertz CT molecular complexity index is 525. The van der Waals surface area contributed by atoms with Crippen LogP contribution in [0.4, 0.5) is 0 Å². The van der Waals surface area contributed by atoms with E-state index in [1.165, 1.54) is 12.7 Å². The van der Waals surface area contributed by atoms with Gasteiger partial charge in [0.15, 0.2) is 0 Å². The van der Waals surface area contributed by atoms with Crippen LogP contribution in [0.25, 0.3) is 0 Å². The highest BCUT2D eigenvalue weighted by Gasteiger charge is 2.31. The fourth-order valence-corrected chi connectivity index (χ4v) is 2.83. The first-order chi connectivity index (χ1) is 9.81. The Hall–Kier alpha value is -1.07. The molecule has 1 saturated heterocycles. The number of hydrogen-bond donors (Lipinski definition) is 1. The van der Waals surface area contributed by atoms with E-state index in [4.69, 9.17) is 9.47 Å². The average molecular weight is 356 g/mol. The zero-order valence-electron chi connectivity index (χ0n) is 12.9. The molecule has 1 N–H and O–H groups in total. The van der Waals surface area contributed by atoms with Gasteiger partial charge < -0.3 is 14.8 Å². The summed E-state index contributed by atoms with van der Waals surface area (Å²) >= 11 is 3.57. The van der Waals surface area contributed by atoms with Gasteiger partial charge in [-0.3, -0.25) is 4.79 Å². The highest BCUT2D eigenvalue weighted by atomic mass is 79.9. The SMILES string of the molecule is COC(=O)C1CC(Oc2ccc(C(C)(C)C)cc2Br)CN1. The monoisotopic (exact) mass is 355 g/mol. The van der Waals surface area contributed by atoms with E-state index in [0.29, 0.717) is 13.0 Å². The number of halogens is 1. The van der Waals surface area contributed by atoms with Gasteiger partial charge in [0.2, 0.25) is 0 Å². The summed E-state index contributed by atoms with van der Waals surface area (Å²) < 4.78 is 11.7. The lowest BCUT2D eigenvalue weighted by Gasteiger charge is -2.21. The van der Waals surface area contributed by atoms with Gasteiger partial charge >= 0.3 is 5.97 Å². The minimum Gasteiger partial charge on any atom is -0.488 e. The van der Waals surface area contributed by atoms with Crippen LogP contribution in [-0.4, -0.2) is 31.8 Å². The minimum absolute atomic E-state index is 0.0223. The molecule has 2 rings (SSSR count). The van der Waals surface area contributed by atoms with E-state index < -0.39 is 0 Å². The van der Waals surface area contributed by atoms with Gasteiger partial charge in [-0.05, 0) is 39.0 Å². The second kappa shape index (κ2) is 6.36. The molecule has 1 fully saturated rings. The first kappa shape index (κ1) is 16.3. The van der Waals surface area contributed by atoms with Crippen molar-refractivity contribution in [3.8, 4) is 5.75 Å². The van der Waals surface area contributed by atoms with Gasteiger partial charge in [0, 0.05) is 13.0 Å². The third-order valence-corrected chi connectivity index (χ3v) is 4.29. The molecule has 0 amide bonds. The van der Waals surface area contributed by atoms with Gasteiger partial charge in [0.05, 0.1) is 11.6 Å². The number of nitrogens with one attached hydrogen (secondary N) is 1. The molecule has 2 atom stereocenters. The molecule has 0 aliphatic carbocycles. The molecular weight excluding hydrogens is 334 g/mol. The summed E-state index contributed by atoms with van der Waals surface area (Å²) in [6.45, 7) is 7.18. The number of esters is 1. The zero-order valence-corrected chi connectivity index (χ0v) is 14.5. The molecule has 1 aromatic rings. The normalized spacial score (nSPS) is 22.1. The topological polar surface area (TPSA) is 47.6 Å². The summed E-state index contributed by atoms with van der Waals surface area (Å²) in [5.74, 6) is 0.573. The third-order valence-electron chi connectivity index (χ3n) is 3.67. The molecule has 0 spiro atoms. The highest BCUT2D eigenvalue weighted by molar-refractivity contribution is 9.10. The lowest BCUT2D eigenvalue weighted by atomic mass is 9.87. The summed E-state index contributed by atoms with van der Waals surface area (Å²) in [5, 5.41) is 3.12. The van der Waals surface area contributed by atoms with Gasteiger partial charge in [-0.2, -0.15) is 0 Å². The Morgan fingerprint density at radius 1 is 1.38 bits per heavy atom. The maximum Gasteiger partial charge on any atom is 0.323 e. The van der Waals surface area contributed by atoms with Crippen molar-refractivity contribution >= 4 is 21.9 Å². The molecule has 1 aromatic carbocycles. The Labute approximate surface area is 134 Å². The van der Waals surface area contributed by atoms with Gasteiger partial charge in [0.25, 0.3) is 0 Å². The Morgan fingerprint density at radius 2 is 2.10 bits per heavy atom. The summed E-state index contributed by atoms with van der Waals surface area (Å²) in [6.07, 6.45) is 0.603. The van der Waals surface area contributed by atoms with Crippen molar-refractivity contribution in [2.24, 2.45) is 0 Å². The van der Waals surface area contributed by atoms with Gasteiger partial charge in [-0.15, -0.1) is 0 Å². The van der Waals surface area contributed by atoms with Crippen LogP contribution in [0.3, 0.4) is 0 Å². The van der Waals surface area contributed by atoms with E-state index in [9.17, 15) is 4.79 Å². The first-order valence-electron chi connectivity index (χ1n) is 7.09.